The molecule has 0 unspecified atom stereocenters. The van der Waals surface area contributed by atoms with Gasteiger partial charge >= 0.3 is 0 Å². The summed E-state index contributed by atoms with van der Waals surface area (Å²) in [6.45, 7) is 1.60. The molecule has 2 heterocycles. The molecule has 0 saturated heterocycles. The minimum Gasteiger partial charge on any atom is -0.871 e. The summed E-state index contributed by atoms with van der Waals surface area (Å²) in [4.78, 5) is 11.7. The maximum Gasteiger partial charge on any atom is 0.211 e. The van der Waals surface area contributed by atoms with Crippen LogP contribution in [0, 0.1) is 0 Å². The number of hydrogen-bond donors (Lipinski definition) is 0. The van der Waals surface area contributed by atoms with Crippen LogP contribution in [0.25, 0.3) is 5.76 Å². The first-order chi connectivity index (χ1) is 14.2. The molecular formula is C22H15O6S2-. The molecule has 0 atom stereocenters. The van der Waals surface area contributed by atoms with Crippen LogP contribution in [-0.4, -0.2) is 22.6 Å². The van der Waals surface area contributed by atoms with Gasteiger partial charge in [0.15, 0.2) is 0 Å². The van der Waals surface area contributed by atoms with Crippen molar-refractivity contribution in [3.8, 4) is 0 Å². The molecule has 2 aromatic rings. The van der Waals surface area contributed by atoms with Crippen LogP contribution < -0.4 is 5.11 Å². The molecule has 0 saturated carbocycles. The van der Waals surface area contributed by atoms with E-state index in [9.17, 15) is 26.7 Å². The highest BCUT2D eigenvalue weighted by Gasteiger charge is 2.38. The number of benzene rings is 2. The number of allylic oxidation sites excluding steroid dienone is 6. The number of rotatable bonds is 3. The van der Waals surface area contributed by atoms with Crippen LogP contribution in [0.3, 0.4) is 0 Å². The van der Waals surface area contributed by atoms with Gasteiger partial charge in [0.1, 0.15) is 4.91 Å². The summed E-state index contributed by atoms with van der Waals surface area (Å²) in [7, 11) is -7.80. The second-order valence-electron chi connectivity index (χ2n) is 6.80. The van der Waals surface area contributed by atoms with Gasteiger partial charge in [-0.3, -0.25) is 4.79 Å². The molecule has 30 heavy (non-hydrogen) atoms. The largest absolute Gasteiger partial charge is 0.871 e. The van der Waals surface area contributed by atoms with Crippen molar-refractivity contribution in [1.29, 1.82) is 0 Å². The van der Waals surface area contributed by atoms with E-state index in [0.717, 1.165) is 0 Å². The first-order valence-electron chi connectivity index (χ1n) is 8.87. The Kier molecular flexibility index (Phi) is 4.63. The van der Waals surface area contributed by atoms with Crippen molar-refractivity contribution in [3.63, 3.8) is 0 Å². The molecule has 4 rings (SSSR count). The fourth-order valence-electron chi connectivity index (χ4n) is 3.32. The summed E-state index contributed by atoms with van der Waals surface area (Å²) < 4.78 is 50.3. The third-order valence-electron chi connectivity index (χ3n) is 4.86. The number of ketones is 1. The van der Waals surface area contributed by atoms with Gasteiger partial charge in [-0.05, 0) is 42.8 Å². The molecule has 152 valence electrons. The Morgan fingerprint density at radius 1 is 0.867 bits per heavy atom. The maximum absolute atomic E-state index is 12.6. The van der Waals surface area contributed by atoms with Gasteiger partial charge in [-0.1, -0.05) is 53.8 Å². The zero-order valence-electron chi connectivity index (χ0n) is 15.7. The molecule has 6 nitrogen and oxygen atoms in total. The summed E-state index contributed by atoms with van der Waals surface area (Å²) in [6, 6.07) is 11.9. The topological polar surface area (TPSA) is 108 Å². The summed E-state index contributed by atoms with van der Waals surface area (Å²) in [5.74, 6) is -1.17. The molecule has 2 aliphatic rings. The normalized spacial score (nSPS) is 20.8. The Hall–Kier alpha value is -3.23. The molecule has 0 bridgehead atoms. The Morgan fingerprint density at radius 2 is 1.43 bits per heavy atom. The smallest absolute Gasteiger partial charge is 0.211 e. The molecular weight excluding hydrogens is 424 g/mol. The van der Waals surface area contributed by atoms with Crippen molar-refractivity contribution < 1.29 is 26.7 Å². The van der Waals surface area contributed by atoms with Crippen LogP contribution in [0.4, 0.5) is 0 Å². The van der Waals surface area contributed by atoms with E-state index in [1.165, 1.54) is 48.6 Å². The van der Waals surface area contributed by atoms with E-state index in [1.54, 1.807) is 31.2 Å². The average Bonchev–Trinajstić information content (AvgIpc) is 3.04. The van der Waals surface area contributed by atoms with Gasteiger partial charge in [0.2, 0.25) is 25.5 Å². The first kappa shape index (κ1) is 20.1. The number of Topliss-reactive ketones (excluding diaryl/α,β-unsaturated/α-hetero) is 1. The molecule has 2 aromatic carbocycles. The van der Waals surface area contributed by atoms with Gasteiger partial charge in [-0.2, -0.15) is 0 Å². The Morgan fingerprint density at radius 3 is 2.03 bits per heavy atom. The molecule has 0 aromatic heterocycles. The van der Waals surface area contributed by atoms with Gasteiger partial charge in [0.25, 0.3) is 0 Å². The quantitative estimate of drug-likeness (QED) is 0.537. The van der Waals surface area contributed by atoms with Crippen LogP contribution in [0.1, 0.15) is 22.8 Å². The second-order valence-corrected chi connectivity index (χ2v) is 10.6. The lowest BCUT2D eigenvalue weighted by Crippen LogP contribution is -2.03. The van der Waals surface area contributed by atoms with Crippen LogP contribution in [0.2, 0.25) is 0 Å². The molecule has 8 heteroatoms. The zero-order valence-corrected chi connectivity index (χ0v) is 17.3. The average molecular weight is 439 g/mol. The molecule has 0 spiro atoms. The van der Waals surface area contributed by atoms with E-state index in [-0.39, 0.29) is 30.7 Å². The summed E-state index contributed by atoms with van der Waals surface area (Å²) in [5.41, 5.74) is 0.718. The van der Waals surface area contributed by atoms with Gasteiger partial charge in [0, 0.05) is 5.56 Å². The lowest BCUT2D eigenvalue weighted by atomic mass is 10.1. The van der Waals surface area contributed by atoms with E-state index in [0.29, 0.717) is 5.57 Å². The summed E-state index contributed by atoms with van der Waals surface area (Å²) in [5, 5.41) is 12.4. The molecule has 0 fully saturated rings. The molecule has 0 amide bonds. The standard InChI is InChI=1S/C22H16O6S2/c1-14(10-12-19-21(23)15-6-2-4-8-17(15)29(19,25)26)11-13-20-22(24)16-7-3-5-9-18(16)30(20,27)28/h2-13,23H,1H3/p-1. The SMILES string of the molecule is CC(C=CC1=C([O-])c2ccccc2S1(=O)=O)=CC=C1C(=O)c2ccccc2S1(=O)=O. The monoisotopic (exact) mass is 439 g/mol. The zero-order chi connectivity index (χ0) is 21.7. The van der Waals surface area contributed by atoms with Gasteiger partial charge in [-0.25, -0.2) is 16.8 Å². The third kappa shape index (κ3) is 2.96. The van der Waals surface area contributed by atoms with E-state index in [1.807, 2.05) is 0 Å². The molecule has 0 N–H and O–H groups in total. The number of hydrogen-bond acceptors (Lipinski definition) is 6. The van der Waals surface area contributed by atoms with Gasteiger partial charge < -0.3 is 5.11 Å². The number of carbonyl (C=O) groups excluding carboxylic acids is 1. The maximum atomic E-state index is 12.6. The van der Waals surface area contributed by atoms with E-state index in [2.05, 4.69) is 0 Å². The van der Waals surface area contributed by atoms with Crippen molar-refractivity contribution in [3.05, 3.63) is 99.3 Å². The van der Waals surface area contributed by atoms with Crippen LogP contribution in [-0.2, 0) is 19.7 Å². The van der Waals surface area contributed by atoms with Crippen molar-refractivity contribution >= 4 is 31.2 Å². The van der Waals surface area contributed by atoms with Crippen molar-refractivity contribution in [1.82, 2.24) is 0 Å². The number of carbonyl (C=O) groups is 1. The minimum atomic E-state index is -3.90. The van der Waals surface area contributed by atoms with Crippen LogP contribution in [0.15, 0.2) is 98.0 Å². The van der Waals surface area contributed by atoms with E-state index >= 15 is 0 Å². The lowest BCUT2D eigenvalue weighted by molar-refractivity contribution is -0.244. The predicted molar refractivity (Wildman–Crippen MR) is 109 cm³/mol. The van der Waals surface area contributed by atoms with Crippen molar-refractivity contribution in [2.45, 2.75) is 16.7 Å². The van der Waals surface area contributed by atoms with Crippen LogP contribution >= 0.6 is 0 Å². The third-order valence-corrected chi connectivity index (χ3v) is 8.54. The van der Waals surface area contributed by atoms with Crippen molar-refractivity contribution in [2.24, 2.45) is 0 Å². The summed E-state index contributed by atoms with van der Waals surface area (Å²) in [6.07, 6.45) is 5.18. The highest BCUT2D eigenvalue weighted by molar-refractivity contribution is 7.97. The number of sulfone groups is 2. The van der Waals surface area contributed by atoms with E-state index in [4.69, 9.17) is 0 Å². The Labute approximate surface area is 174 Å². The van der Waals surface area contributed by atoms with Gasteiger partial charge in [0.05, 0.1) is 14.7 Å². The fourth-order valence-corrected chi connectivity index (χ4v) is 6.42. The molecule has 2 aliphatic heterocycles. The van der Waals surface area contributed by atoms with E-state index < -0.39 is 31.2 Å². The number of fused-ring (bicyclic) bond motifs is 2. The Bertz CT molecular complexity index is 1440. The van der Waals surface area contributed by atoms with Crippen molar-refractivity contribution in [2.75, 3.05) is 0 Å². The van der Waals surface area contributed by atoms with Crippen LogP contribution in [0.5, 0.6) is 0 Å². The fraction of sp³-hybridized carbons (Fsp3) is 0.0455. The Balaban J connectivity index is 1.66. The molecule has 0 aliphatic carbocycles. The highest BCUT2D eigenvalue weighted by atomic mass is 32.2. The first-order valence-corrected chi connectivity index (χ1v) is 11.8. The van der Waals surface area contributed by atoms with Gasteiger partial charge in [-0.15, -0.1) is 0 Å². The molecule has 0 radical (unpaired) electrons. The summed E-state index contributed by atoms with van der Waals surface area (Å²) >= 11 is 0. The minimum absolute atomic E-state index is 0.0289. The second kappa shape index (κ2) is 6.93. The highest BCUT2D eigenvalue weighted by Crippen LogP contribution is 2.37. The lowest BCUT2D eigenvalue weighted by Gasteiger charge is -2.07. The predicted octanol–water partition coefficient (Wildman–Crippen LogP) is 2.56.